The fourth-order valence-corrected chi connectivity index (χ4v) is 4.65. The van der Waals surface area contributed by atoms with Crippen LogP contribution in [0.1, 0.15) is 18.7 Å². The average Bonchev–Trinajstić information content (AvgIpc) is 3.25. The van der Waals surface area contributed by atoms with Gasteiger partial charge in [0.2, 0.25) is 5.95 Å². The summed E-state index contributed by atoms with van der Waals surface area (Å²) in [6.45, 7) is 3.86. The highest BCUT2D eigenvalue weighted by Crippen LogP contribution is 2.34. The van der Waals surface area contributed by atoms with Gasteiger partial charge in [-0.3, -0.25) is 0 Å². The number of benzene rings is 2. The van der Waals surface area contributed by atoms with Crippen molar-refractivity contribution >= 4 is 51.5 Å². The van der Waals surface area contributed by atoms with Crippen molar-refractivity contribution in [3.8, 4) is 5.75 Å². The molecule has 2 aromatic carbocycles. The molecular formula is C26H30ClN7O2. The minimum Gasteiger partial charge on any atom is -0.494 e. The molecule has 9 nitrogen and oxygen atoms in total. The Hall–Kier alpha value is -3.56. The van der Waals surface area contributed by atoms with E-state index in [1.807, 2.05) is 31.2 Å². The molecule has 36 heavy (non-hydrogen) atoms. The van der Waals surface area contributed by atoms with Crippen molar-refractivity contribution < 1.29 is 9.15 Å². The number of hydrogen-bond donors (Lipinski definition) is 2. The van der Waals surface area contributed by atoms with Gasteiger partial charge in [-0.2, -0.15) is 4.98 Å². The van der Waals surface area contributed by atoms with Crippen LogP contribution in [0.3, 0.4) is 0 Å². The number of rotatable bonds is 7. The molecule has 0 atom stereocenters. The van der Waals surface area contributed by atoms with Gasteiger partial charge < -0.3 is 29.6 Å². The number of halogens is 1. The van der Waals surface area contributed by atoms with Gasteiger partial charge in [0.25, 0.3) is 0 Å². The summed E-state index contributed by atoms with van der Waals surface area (Å²) in [5, 5.41) is 6.91. The zero-order chi connectivity index (χ0) is 25.2. The van der Waals surface area contributed by atoms with Crippen molar-refractivity contribution in [2.45, 2.75) is 25.8 Å². The minimum absolute atomic E-state index is 0.401. The lowest BCUT2D eigenvalue weighted by Crippen LogP contribution is -2.41. The summed E-state index contributed by atoms with van der Waals surface area (Å²) < 4.78 is 11.2. The van der Waals surface area contributed by atoms with Gasteiger partial charge in [0.05, 0.1) is 19.0 Å². The maximum atomic E-state index is 6.38. The van der Waals surface area contributed by atoms with E-state index < -0.39 is 0 Å². The number of piperidine rings is 1. The monoisotopic (exact) mass is 507 g/mol. The Morgan fingerprint density at radius 1 is 1.08 bits per heavy atom. The quantitative estimate of drug-likeness (QED) is 0.331. The van der Waals surface area contributed by atoms with Crippen LogP contribution in [-0.4, -0.2) is 60.2 Å². The highest BCUT2D eigenvalue weighted by atomic mass is 35.5. The summed E-state index contributed by atoms with van der Waals surface area (Å²) in [4.78, 5) is 18.0. The molecule has 1 fully saturated rings. The Morgan fingerprint density at radius 3 is 2.64 bits per heavy atom. The number of fused-ring (bicyclic) bond motifs is 1. The molecule has 10 heteroatoms. The Labute approximate surface area is 215 Å². The van der Waals surface area contributed by atoms with E-state index in [4.69, 9.17) is 20.8 Å². The largest absolute Gasteiger partial charge is 0.494 e. The number of hydrogen-bond acceptors (Lipinski definition) is 9. The maximum absolute atomic E-state index is 6.38. The fraction of sp³-hybridized carbons (Fsp3) is 0.346. The van der Waals surface area contributed by atoms with Crippen molar-refractivity contribution in [3.05, 3.63) is 53.5 Å². The summed E-state index contributed by atoms with van der Waals surface area (Å²) in [5.41, 5.74) is 4.20. The SMILES string of the molecule is COc1cc(N2CCC(N(C)C)CC2)ccc1Nc1ncc(Cl)c(Nc2ccc3oc(C)nc3c2)n1. The van der Waals surface area contributed by atoms with Gasteiger partial charge in [-0.25, -0.2) is 9.97 Å². The molecule has 0 aliphatic carbocycles. The van der Waals surface area contributed by atoms with Crippen molar-refractivity contribution in [3.63, 3.8) is 0 Å². The normalized spacial score (nSPS) is 14.4. The standard InChI is InChI=1S/C26H30ClN7O2/c1-16-29-22-13-17(5-8-23(22)36-16)30-25-20(27)15-28-26(32-25)31-21-7-6-19(14-24(21)35-4)34-11-9-18(10-12-34)33(2)3/h5-8,13-15,18H,9-12H2,1-4H3,(H2,28,30,31,32). The smallest absolute Gasteiger partial charge is 0.229 e. The number of anilines is 5. The highest BCUT2D eigenvalue weighted by Gasteiger charge is 2.21. The molecule has 0 unspecified atom stereocenters. The van der Waals surface area contributed by atoms with Crippen LogP contribution in [0.4, 0.5) is 28.8 Å². The molecule has 5 rings (SSSR count). The number of aryl methyl sites for hydroxylation is 1. The topological polar surface area (TPSA) is 91.6 Å². The van der Waals surface area contributed by atoms with Gasteiger partial charge >= 0.3 is 0 Å². The lowest BCUT2D eigenvalue weighted by molar-refractivity contribution is 0.249. The van der Waals surface area contributed by atoms with Crippen LogP contribution in [0.5, 0.6) is 5.75 Å². The third-order valence-electron chi connectivity index (χ3n) is 6.49. The van der Waals surface area contributed by atoms with Crippen LogP contribution in [0.25, 0.3) is 11.1 Å². The number of methoxy groups -OCH3 is 1. The highest BCUT2D eigenvalue weighted by molar-refractivity contribution is 6.32. The summed E-state index contributed by atoms with van der Waals surface area (Å²) in [7, 11) is 5.97. The molecular weight excluding hydrogens is 478 g/mol. The summed E-state index contributed by atoms with van der Waals surface area (Å²) in [6, 6.07) is 12.4. The number of oxazole rings is 1. The third-order valence-corrected chi connectivity index (χ3v) is 6.77. The van der Waals surface area contributed by atoms with Crippen molar-refractivity contribution in [2.24, 2.45) is 0 Å². The Bertz CT molecular complexity index is 1370. The van der Waals surface area contributed by atoms with Crippen LogP contribution >= 0.6 is 11.6 Å². The number of nitrogens with one attached hydrogen (secondary N) is 2. The molecule has 1 aliphatic heterocycles. The predicted molar refractivity (Wildman–Crippen MR) is 144 cm³/mol. The molecule has 0 bridgehead atoms. The van der Waals surface area contributed by atoms with Gasteiger partial charge in [0.1, 0.15) is 16.3 Å². The molecule has 2 N–H and O–H groups in total. The molecule has 2 aromatic heterocycles. The van der Waals surface area contributed by atoms with E-state index in [0.717, 1.165) is 59.8 Å². The van der Waals surface area contributed by atoms with Gasteiger partial charge in [0, 0.05) is 43.5 Å². The average molecular weight is 508 g/mol. The zero-order valence-corrected chi connectivity index (χ0v) is 21.6. The Balaban J connectivity index is 1.32. The van der Waals surface area contributed by atoms with Gasteiger partial charge in [-0.15, -0.1) is 0 Å². The first-order valence-corrected chi connectivity index (χ1v) is 12.3. The van der Waals surface area contributed by atoms with Crippen molar-refractivity contribution in [1.82, 2.24) is 19.9 Å². The second-order valence-corrected chi connectivity index (χ2v) is 9.53. The molecule has 0 amide bonds. The molecule has 188 valence electrons. The molecule has 1 aliphatic rings. The molecule has 3 heterocycles. The Kier molecular flexibility index (Phi) is 6.84. The van der Waals surface area contributed by atoms with Crippen molar-refractivity contribution in [2.75, 3.05) is 49.8 Å². The summed E-state index contributed by atoms with van der Waals surface area (Å²) in [6.07, 6.45) is 3.85. The molecule has 0 radical (unpaired) electrons. The summed E-state index contributed by atoms with van der Waals surface area (Å²) in [5.74, 6) is 2.22. The second kappa shape index (κ2) is 10.2. The van der Waals surface area contributed by atoms with E-state index in [9.17, 15) is 0 Å². The van der Waals surface area contributed by atoms with E-state index in [0.29, 0.717) is 28.7 Å². The minimum atomic E-state index is 0.401. The first-order chi connectivity index (χ1) is 17.4. The number of aromatic nitrogens is 3. The van der Waals surface area contributed by atoms with E-state index in [1.54, 1.807) is 13.3 Å². The first-order valence-electron chi connectivity index (χ1n) is 11.9. The van der Waals surface area contributed by atoms with Gasteiger partial charge in [0.15, 0.2) is 17.3 Å². The van der Waals surface area contributed by atoms with Crippen LogP contribution in [-0.2, 0) is 0 Å². The maximum Gasteiger partial charge on any atom is 0.229 e. The van der Waals surface area contributed by atoms with E-state index in [-0.39, 0.29) is 0 Å². The van der Waals surface area contributed by atoms with Crippen LogP contribution < -0.4 is 20.3 Å². The van der Waals surface area contributed by atoms with E-state index in [2.05, 4.69) is 61.6 Å². The lowest BCUT2D eigenvalue weighted by Gasteiger charge is -2.36. The van der Waals surface area contributed by atoms with Crippen LogP contribution in [0, 0.1) is 6.92 Å². The predicted octanol–water partition coefficient (Wildman–Crippen LogP) is 5.61. The molecule has 0 spiro atoms. The molecule has 4 aromatic rings. The lowest BCUT2D eigenvalue weighted by atomic mass is 10.0. The van der Waals surface area contributed by atoms with E-state index >= 15 is 0 Å². The van der Waals surface area contributed by atoms with Gasteiger partial charge in [-0.1, -0.05) is 11.6 Å². The third kappa shape index (κ3) is 5.17. The zero-order valence-electron chi connectivity index (χ0n) is 20.9. The van der Waals surface area contributed by atoms with Gasteiger partial charge in [-0.05, 0) is 57.3 Å². The van der Waals surface area contributed by atoms with Crippen LogP contribution in [0.15, 0.2) is 47.0 Å². The summed E-state index contributed by atoms with van der Waals surface area (Å²) >= 11 is 6.38. The van der Waals surface area contributed by atoms with E-state index in [1.165, 1.54) is 0 Å². The van der Waals surface area contributed by atoms with Crippen molar-refractivity contribution in [1.29, 1.82) is 0 Å². The number of nitrogens with zero attached hydrogens (tertiary/aromatic N) is 5. The number of ether oxygens (including phenoxy) is 1. The second-order valence-electron chi connectivity index (χ2n) is 9.12. The first kappa shape index (κ1) is 24.1. The van der Waals surface area contributed by atoms with Crippen LogP contribution in [0.2, 0.25) is 5.02 Å². The molecule has 1 saturated heterocycles. The Morgan fingerprint density at radius 2 is 1.89 bits per heavy atom. The molecule has 0 saturated carbocycles. The fourth-order valence-electron chi connectivity index (χ4n) is 4.51.